The van der Waals surface area contributed by atoms with Gasteiger partial charge in [0, 0.05) is 47.7 Å². The SMILES string of the molecule is CC(C)(C)OC(=O)c1cc2cc(NC(=O)C(Cc3ccc([N+](=O)[O-])cc3)N3CCN(c4cc(Cl)ccc4-n4cnnn4)C(=O)C3=O)ccc2o1. The number of carbonyl (C=O) groups excluding carboxylic acids is 4. The highest BCUT2D eigenvalue weighted by Crippen LogP contribution is 2.31. The second-order valence-corrected chi connectivity index (χ2v) is 12.8. The van der Waals surface area contributed by atoms with Crippen molar-refractivity contribution < 1.29 is 33.3 Å². The van der Waals surface area contributed by atoms with E-state index >= 15 is 0 Å². The van der Waals surface area contributed by atoms with Gasteiger partial charge in [0.2, 0.25) is 11.7 Å². The zero-order valence-electron chi connectivity index (χ0n) is 26.9. The number of furan rings is 1. The zero-order valence-corrected chi connectivity index (χ0v) is 27.7. The number of nitro benzene ring substituents is 1. The minimum atomic E-state index is -1.20. The predicted octanol–water partition coefficient (Wildman–Crippen LogP) is 4.35. The summed E-state index contributed by atoms with van der Waals surface area (Å²) in [5.41, 5.74) is 1.04. The first-order valence-corrected chi connectivity index (χ1v) is 15.6. The molecule has 1 aliphatic rings. The maximum atomic E-state index is 14.0. The van der Waals surface area contributed by atoms with Crippen LogP contribution in [0.25, 0.3) is 16.7 Å². The van der Waals surface area contributed by atoms with Crippen molar-refractivity contribution in [1.29, 1.82) is 0 Å². The van der Waals surface area contributed by atoms with Gasteiger partial charge in [-0.15, -0.1) is 5.10 Å². The van der Waals surface area contributed by atoms with E-state index < -0.39 is 40.3 Å². The van der Waals surface area contributed by atoms with Crippen molar-refractivity contribution in [1.82, 2.24) is 25.1 Å². The van der Waals surface area contributed by atoms with Gasteiger partial charge in [0.1, 0.15) is 23.6 Å². The molecule has 1 atom stereocenters. The molecule has 3 aromatic carbocycles. The fraction of sp³-hybridized carbons (Fsp3) is 0.242. The van der Waals surface area contributed by atoms with Gasteiger partial charge in [-0.25, -0.2) is 4.79 Å². The molecule has 1 aliphatic heterocycles. The van der Waals surface area contributed by atoms with Gasteiger partial charge in [0.05, 0.1) is 16.3 Å². The maximum absolute atomic E-state index is 14.0. The Labute approximate surface area is 288 Å². The molecule has 0 saturated carbocycles. The molecule has 1 N–H and O–H groups in total. The number of piperazine rings is 1. The van der Waals surface area contributed by atoms with E-state index in [-0.39, 0.29) is 31.0 Å². The van der Waals surface area contributed by atoms with Crippen LogP contribution in [0.1, 0.15) is 36.9 Å². The second kappa shape index (κ2) is 13.4. The van der Waals surface area contributed by atoms with Crippen molar-refractivity contribution in [2.24, 2.45) is 0 Å². The topological polar surface area (TPSA) is 196 Å². The molecule has 256 valence electrons. The highest BCUT2D eigenvalue weighted by Gasteiger charge is 2.40. The smallest absolute Gasteiger partial charge is 0.374 e. The first-order chi connectivity index (χ1) is 23.8. The van der Waals surface area contributed by atoms with E-state index in [1.807, 2.05) is 0 Å². The third-order valence-electron chi connectivity index (χ3n) is 7.72. The largest absolute Gasteiger partial charge is 0.454 e. The Morgan fingerprint density at radius 1 is 1.02 bits per heavy atom. The van der Waals surface area contributed by atoms with Crippen LogP contribution in [0.4, 0.5) is 17.1 Å². The molecule has 3 heterocycles. The standard InChI is InChI=1S/C33H29ClN8O8/c1-33(2,3)50-32(46)28-16-20-15-22(7-11-27(20)49-28)36-29(43)26(14-19-4-8-23(9-5-19)42(47)48)40-13-12-39(30(44)31(40)45)25-17-21(34)6-10-24(25)41-18-35-37-38-41/h4-11,15-18,26H,12-14H2,1-3H3,(H,36,43). The minimum absolute atomic E-state index is 0.00148. The minimum Gasteiger partial charge on any atom is -0.454 e. The summed E-state index contributed by atoms with van der Waals surface area (Å²) in [6.45, 7) is 5.16. The molecule has 6 rings (SSSR count). The number of tetrazole rings is 1. The lowest BCUT2D eigenvalue weighted by Gasteiger charge is -2.38. The zero-order chi connectivity index (χ0) is 35.7. The van der Waals surface area contributed by atoms with E-state index in [2.05, 4.69) is 20.8 Å². The third-order valence-corrected chi connectivity index (χ3v) is 7.95. The summed E-state index contributed by atoms with van der Waals surface area (Å²) in [6, 6.07) is 15.3. The Bertz CT molecular complexity index is 2130. The Kier molecular flexibility index (Phi) is 9.03. The first kappa shape index (κ1) is 33.7. The number of ether oxygens (including phenoxy) is 1. The molecule has 1 fully saturated rings. The van der Waals surface area contributed by atoms with Crippen LogP contribution in [0, 0.1) is 10.1 Å². The quantitative estimate of drug-likeness (QED) is 0.0993. The maximum Gasteiger partial charge on any atom is 0.374 e. The lowest BCUT2D eigenvalue weighted by Crippen LogP contribution is -2.60. The number of fused-ring (bicyclic) bond motifs is 1. The van der Waals surface area contributed by atoms with Gasteiger partial charge in [-0.3, -0.25) is 24.5 Å². The normalized spacial score (nSPS) is 14.2. The molecule has 1 unspecified atom stereocenters. The fourth-order valence-electron chi connectivity index (χ4n) is 5.45. The van der Waals surface area contributed by atoms with Crippen LogP contribution in [-0.4, -0.2) is 78.5 Å². The summed E-state index contributed by atoms with van der Waals surface area (Å²) in [4.78, 5) is 67.1. The van der Waals surface area contributed by atoms with Crippen molar-refractivity contribution in [2.45, 2.75) is 38.8 Å². The van der Waals surface area contributed by atoms with E-state index in [9.17, 15) is 29.3 Å². The Hall–Kier alpha value is -6.16. The molecule has 3 amide bonds. The van der Waals surface area contributed by atoms with Crippen LogP contribution < -0.4 is 10.2 Å². The Morgan fingerprint density at radius 3 is 2.46 bits per heavy atom. The molecule has 0 spiro atoms. The summed E-state index contributed by atoms with van der Waals surface area (Å²) in [5.74, 6) is -3.14. The van der Waals surface area contributed by atoms with Crippen LogP contribution in [0.3, 0.4) is 0 Å². The second-order valence-electron chi connectivity index (χ2n) is 12.3. The van der Waals surface area contributed by atoms with Gasteiger partial charge < -0.3 is 24.3 Å². The van der Waals surface area contributed by atoms with Crippen molar-refractivity contribution in [3.8, 4) is 5.69 Å². The van der Waals surface area contributed by atoms with Gasteiger partial charge in [0.25, 0.3) is 5.69 Å². The number of hydrogen-bond donors (Lipinski definition) is 1. The third kappa shape index (κ3) is 7.14. The number of nitrogens with zero attached hydrogens (tertiary/aromatic N) is 7. The summed E-state index contributed by atoms with van der Waals surface area (Å²) in [6.07, 6.45) is 1.27. The molecule has 1 saturated heterocycles. The molecular weight excluding hydrogens is 672 g/mol. The van der Waals surface area contributed by atoms with Crippen LogP contribution in [0.5, 0.6) is 0 Å². The molecule has 50 heavy (non-hydrogen) atoms. The van der Waals surface area contributed by atoms with Crippen molar-refractivity contribution in [3.63, 3.8) is 0 Å². The van der Waals surface area contributed by atoms with Crippen LogP contribution in [-0.2, 0) is 25.5 Å². The van der Waals surface area contributed by atoms with Gasteiger partial charge in [-0.2, -0.15) is 4.68 Å². The van der Waals surface area contributed by atoms with Gasteiger partial charge in [0.15, 0.2) is 0 Å². The number of hydrogen-bond acceptors (Lipinski definition) is 11. The Balaban J connectivity index is 1.28. The van der Waals surface area contributed by atoms with Gasteiger partial charge in [-0.1, -0.05) is 23.7 Å². The number of non-ortho nitro benzene ring substituents is 1. The monoisotopic (exact) mass is 700 g/mol. The number of halogens is 1. The number of aromatic nitrogens is 4. The molecule has 16 nitrogen and oxygen atoms in total. The molecule has 5 aromatic rings. The van der Waals surface area contributed by atoms with Crippen molar-refractivity contribution in [2.75, 3.05) is 23.3 Å². The average molecular weight is 701 g/mol. The number of nitro groups is 1. The van der Waals surface area contributed by atoms with Crippen LogP contribution >= 0.6 is 11.6 Å². The number of esters is 1. The Morgan fingerprint density at radius 2 is 1.78 bits per heavy atom. The number of nitrogens with one attached hydrogen (secondary N) is 1. The lowest BCUT2D eigenvalue weighted by atomic mass is 10.0. The number of anilines is 2. The van der Waals surface area contributed by atoms with Crippen molar-refractivity contribution in [3.05, 3.63) is 99.5 Å². The summed E-state index contributed by atoms with van der Waals surface area (Å²) < 4.78 is 12.4. The summed E-state index contributed by atoms with van der Waals surface area (Å²) in [5, 5.41) is 26.0. The van der Waals surface area contributed by atoms with Gasteiger partial charge in [-0.05, 0) is 79.2 Å². The molecule has 0 bridgehead atoms. The average Bonchev–Trinajstić information content (AvgIpc) is 3.75. The molecule has 2 aromatic heterocycles. The van der Waals surface area contributed by atoms with Gasteiger partial charge >= 0.3 is 17.8 Å². The fourth-order valence-corrected chi connectivity index (χ4v) is 5.62. The van der Waals surface area contributed by atoms with E-state index in [0.717, 1.165) is 0 Å². The number of benzene rings is 3. The van der Waals surface area contributed by atoms with E-state index in [0.29, 0.717) is 38.6 Å². The van der Waals surface area contributed by atoms with Crippen molar-refractivity contribution >= 4 is 63.3 Å². The lowest BCUT2D eigenvalue weighted by molar-refractivity contribution is -0.384. The number of rotatable bonds is 9. The van der Waals surface area contributed by atoms with Crippen LogP contribution in [0.2, 0.25) is 5.02 Å². The summed E-state index contributed by atoms with van der Waals surface area (Å²) >= 11 is 6.26. The predicted molar refractivity (Wildman–Crippen MR) is 179 cm³/mol. The molecule has 0 radical (unpaired) electrons. The number of amides is 3. The molecule has 0 aliphatic carbocycles. The summed E-state index contributed by atoms with van der Waals surface area (Å²) in [7, 11) is 0. The number of carbonyl (C=O) groups is 4. The highest BCUT2D eigenvalue weighted by atomic mass is 35.5. The highest BCUT2D eigenvalue weighted by molar-refractivity contribution is 6.41. The molecule has 17 heteroatoms. The van der Waals surface area contributed by atoms with E-state index in [1.165, 1.54) is 57.2 Å². The molecular formula is C33H29ClN8O8. The van der Waals surface area contributed by atoms with E-state index in [4.69, 9.17) is 20.8 Å². The first-order valence-electron chi connectivity index (χ1n) is 15.2. The van der Waals surface area contributed by atoms with E-state index in [1.54, 1.807) is 51.1 Å². The van der Waals surface area contributed by atoms with Crippen LogP contribution in [0.15, 0.2) is 77.5 Å².